The number of fused-ring (bicyclic) bond motifs is 1. The molecule has 0 bridgehead atoms. The third kappa shape index (κ3) is 3.82. The van der Waals surface area contributed by atoms with Gasteiger partial charge < -0.3 is 10.1 Å². The Morgan fingerprint density at radius 2 is 1.76 bits per heavy atom. The fourth-order valence-corrected chi connectivity index (χ4v) is 3.11. The van der Waals surface area contributed by atoms with Gasteiger partial charge in [0.1, 0.15) is 0 Å². The highest BCUT2D eigenvalue weighted by atomic mass is 79.9. The van der Waals surface area contributed by atoms with Gasteiger partial charge in [-0.05, 0) is 0 Å². The number of alkyl halides is 4. The van der Waals surface area contributed by atoms with Crippen LogP contribution in [0, 0.1) is 0 Å². The van der Waals surface area contributed by atoms with Crippen molar-refractivity contribution in [3.05, 3.63) is 46.5 Å². The molecule has 0 saturated heterocycles. The predicted octanol–water partition coefficient (Wildman–Crippen LogP) is 2.45. The molecule has 0 radical (unpaired) electrons. The normalized spacial score (nSPS) is 15.9. The van der Waals surface area contributed by atoms with Gasteiger partial charge in [-0.2, -0.15) is 13.2 Å². The molecule has 1 aromatic carbocycles. The van der Waals surface area contributed by atoms with Crippen molar-refractivity contribution in [2.45, 2.75) is 12.2 Å². The molecule has 1 unspecified atom stereocenters. The van der Waals surface area contributed by atoms with E-state index in [4.69, 9.17) is 4.74 Å². The molecule has 5 nitrogen and oxygen atoms in total. The SMILES string of the molecule is COCC(NC(=O)C(F)(F)F)C1=C(CBr)C(=O)c2ccccc2C1=O. The first kappa shape index (κ1) is 19.3. The quantitative estimate of drug-likeness (QED) is 0.744. The molecular formula is C16H13BrF3NO4. The molecule has 1 N–H and O–H groups in total. The minimum absolute atomic E-state index is 0.00627. The summed E-state index contributed by atoms with van der Waals surface area (Å²) in [5.74, 6) is -3.31. The number of amides is 1. The Labute approximate surface area is 149 Å². The molecule has 0 aromatic heterocycles. The summed E-state index contributed by atoms with van der Waals surface area (Å²) >= 11 is 3.09. The van der Waals surface area contributed by atoms with Crippen molar-refractivity contribution in [3.63, 3.8) is 0 Å². The fourth-order valence-electron chi connectivity index (χ4n) is 2.55. The van der Waals surface area contributed by atoms with Crippen molar-refractivity contribution in [2.24, 2.45) is 0 Å². The Kier molecular flexibility index (Phi) is 5.79. The lowest BCUT2D eigenvalue weighted by atomic mass is 9.81. The highest BCUT2D eigenvalue weighted by Gasteiger charge is 2.42. The van der Waals surface area contributed by atoms with E-state index in [2.05, 4.69) is 15.9 Å². The standard InChI is InChI=1S/C16H13BrF3NO4/c1-25-7-11(21-15(24)16(18,19)20)12-10(6-17)13(22)8-4-2-3-5-9(8)14(12)23/h2-5,11H,6-7H2,1H3,(H,21,24). The molecule has 0 fully saturated rings. The topological polar surface area (TPSA) is 72.5 Å². The lowest BCUT2D eigenvalue weighted by molar-refractivity contribution is -0.174. The van der Waals surface area contributed by atoms with Crippen LogP contribution < -0.4 is 5.32 Å². The number of Topliss-reactive ketones (excluding diaryl/α,β-unsaturated/α-hetero) is 2. The average molecular weight is 420 g/mol. The van der Waals surface area contributed by atoms with Crippen LogP contribution in [-0.2, 0) is 9.53 Å². The maximum absolute atomic E-state index is 12.8. The van der Waals surface area contributed by atoms with Crippen molar-refractivity contribution in [2.75, 3.05) is 19.0 Å². The number of rotatable bonds is 5. The molecule has 0 aliphatic heterocycles. The molecule has 1 aromatic rings. The zero-order valence-electron chi connectivity index (χ0n) is 12.9. The largest absolute Gasteiger partial charge is 0.471 e. The fraction of sp³-hybridized carbons (Fsp3) is 0.312. The molecule has 1 aliphatic carbocycles. The van der Waals surface area contributed by atoms with E-state index in [1.165, 1.54) is 19.2 Å². The first-order valence-electron chi connectivity index (χ1n) is 7.06. The summed E-state index contributed by atoms with van der Waals surface area (Å²) in [6.07, 6.45) is -5.12. The summed E-state index contributed by atoms with van der Waals surface area (Å²) in [7, 11) is 1.21. The molecule has 0 spiro atoms. The number of ether oxygens (including phenoxy) is 1. The van der Waals surface area contributed by atoms with Gasteiger partial charge in [-0.1, -0.05) is 40.2 Å². The van der Waals surface area contributed by atoms with Crippen molar-refractivity contribution in [3.8, 4) is 0 Å². The van der Waals surface area contributed by atoms with Gasteiger partial charge in [0.05, 0.1) is 12.6 Å². The van der Waals surface area contributed by atoms with Crippen LogP contribution in [0.4, 0.5) is 13.2 Å². The third-order valence-electron chi connectivity index (χ3n) is 3.64. The molecule has 2 rings (SSSR count). The maximum Gasteiger partial charge on any atom is 0.471 e. The van der Waals surface area contributed by atoms with E-state index in [0.29, 0.717) is 0 Å². The van der Waals surface area contributed by atoms with E-state index < -0.39 is 36.3 Å². The minimum atomic E-state index is -5.12. The summed E-state index contributed by atoms with van der Waals surface area (Å²) in [4.78, 5) is 36.6. The van der Waals surface area contributed by atoms with E-state index in [-0.39, 0.29) is 27.6 Å². The number of halogens is 4. The monoisotopic (exact) mass is 419 g/mol. The summed E-state index contributed by atoms with van der Waals surface area (Å²) < 4.78 is 42.6. The highest BCUT2D eigenvalue weighted by molar-refractivity contribution is 9.09. The third-order valence-corrected chi connectivity index (χ3v) is 4.20. The van der Waals surface area contributed by atoms with Crippen molar-refractivity contribution in [1.82, 2.24) is 5.32 Å². The van der Waals surface area contributed by atoms with E-state index in [1.807, 2.05) is 0 Å². The van der Waals surface area contributed by atoms with Gasteiger partial charge in [0.2, 0.25) is 0 Å². The van der Waals surface area contributed by atoms with Crippen LogP contribution in [0.25, 0.3) is 0 Å². The number of hydrogen-bond donors (Lipinski definition) is 1. The van der Waals surface area contributed by atoms with E-state index >= 15 is 0 Å². The Hall–Kier alpha value is -2.00. The molecule has 0 heterocycles. The second kappa shape index (κ2) is 7.49. The van der Waals surface area contributed by atoms with Gasteiger partial charge in [-0.25, -0.2) is 0 Å². The van der Waals surface area contributed by atoms with Crippen LogP contribution in [0.2, 0.25) is 0 Å². The number of hydrogen-bond acceptors (Lipinski definition) is 4. The van der Waals surface area contributed by atoms with Crippen LogP contribution in [0.15, 0.2) is 35.4 Å². The average Bonchev–Trinajstić information content (AvgIpc) is 2.56. The van der Waals surface area contributed by atoms with Crippen molar-refractivity contribution in [1.29, 1.82) is 0 Å². The van der Waals surface area contributed by atoms with E-state index in [0.717, 1.165) is 0 Å². The molecular weight excluding hydrogens is 407 g/mol. The van der Waals surface area contributed by atoms with Gasteiger partial charge in [0, 0.05) is 34.7 Å². The number of ketones is 2. The first-order valence-corrected chi connectivity index (χ1v) is 8.18. The van der Waals surface area contributed by atoms with Gasteiger partial charge in [0.15, 0.2) is 11.6 Å². The van der Waals surface area contributed by atoms with Crippen molar-refractivity contribution < 1.29 is 32.3 Å². The Bertz CT molecular complexity index is 758. The van der Waals surface area contributed by atoms with Crippen molar-refractivity contribution >= 4 is 33.4 Å². The Balaban J connectivity index is 2.52. The van der Waals surface area contributed by atoms with Crippen LogP contribution in [-0.4, -0.2) is 48.7 Å². The van der Waals surface area contributed by atoms with Crippen LogP contribution in [0.5, 0.6) is 0 Å². The van der Waals surface area contributed by atoms with Gasteiger partial charge >= 0.3 is 12.1 Å². The van der Waals surface area contributed by atoms with Gasteiger partial charge in [0.25, 0.3) is 0 Å². The lowest BCUT2D eigenvalue weighted by Gasteiger charge is -2.27. The summed E-state index contributed by atoms with van der Waals surface area (Å²) in [6.45, 7) is -0.394. The molecule has 9 heteroatoms. The first-order chi connectivity index (χ1) is 11.7. The minimum Gasteiger partial charge on any atom is -0.382 e. The number of allylic oxidation sites excluding steroid dienone is 1. The lowest BCUT2D eigenvalue weighted by Crippen LogP contribution is -2.48. The zero-order chi connectivity index (χ0) is 18.8. The number of methoxy groups -OCH3 is 1. The Morgan fingerprint density at radius 1 is 1.20 bits per heavy atom. The molecule has 0 saturated carbocycles. The number of benzene rings is 1. The smallest absolute Gasteiger partial charge is 0.382 e. The second-order valence-corrected chi connectivity index (χ2v) is 5.77. The number of carbonyl (C=O) groups is 3. The molecule has 134 valence electrons. The second-order valence-electron chi connectivity index (χ2n) is 5.21. The van der Waals surface area contributed by atoms with Gasteiger partial charge in [-0.15, -0.1) is 0 Å². The highest BCUT2D eigenvalue weighted by Crippen LogP contribution is 2.30. The maximum atomic E-state index is 12.8. The van der Waals surface area contributed by atoms with Gasteiger partial charge in [-0.3, -0.25) is 14.4 Å². The molecule has 1 amide bonds. The zero-order valence-corrected chi connectivity index (χ0v) is 14.5. The van der Waals surface area contributed by atoms with Crippen LogP contribution >= 0.6 is 15.9 Å². The Morgan fingerprint density at radius 3 is 2.24 bits per heavy atom. The number of carbonyl (C=O) groups excluding carboxylic acids is 3. The molecule has 1 atom stereocenters. The summed E-state index contributed by atoms with van der Waals surface area (Å²) in [5, 5.41) is 1.68. The molecule has 1 aliphatic rings. The summed E-state index contributed by atoms with van der Waals surface area (Å²) in [5.41, 5.74) is 0.0341. The molecule has 25 heavy (non-hydrogen) atoms. The van der Waals surface area contributed by atoms with Crippen LogP contribution in [0.3, 0.4) is 0 Å². The predicted molar refractivity (Wildman–Crippen MR) is 85.8 cm³/mol. The number of nitrogens with one attached hydrogen (secondary N) is 1. The summed E-state index contributed by atoms with van der Waals surface area (Å²) in [6, 6.07) is 4.60. The van der Waals surface area contributed by atoms with Crippen LogP contribution in [0.1, 0.15) is 20.7 Å². The van der Waals surface area contributed by atoms with E-state index in [9.17, 15) is 27.6 Å². The van der Waals surface area contributed by atoms with E-state index in [1.54, 1.807) is 17.4 Å².